The number of nitrogens with one attached hydrogen (secondary N) is 2. The van der Waals surface area contributed by atoms with E-state index in [2.05, 4.69) is 25.5 Å². The number of anilines is 4. The normalized spacial score (nSPS) is 13.8. The lowest BCUT2D eigenvalue weighted by Gasteiger charge is -2.28. The maximum Gasteiger partial charge on any atom is 0.323 e. The van der Waals surface area contributed by atoms with Gasteiger partial charge < -0.3 is 25.2 Å². The molecule has 1 aromatic carbocycles. The highest BCUT2D eigenvalue weighted by molar-refractivity contribution is 6.31. The molecule has 1 fully saturated rings. The summed E-state index contributed by atoms with van der Waals surface area (Å²) in [6, 6.07) is 4.58. The van der Waals surface area contributed by atoms with E-state index in [1.165, 1.54) is 13.5 Å². The quantitative estimate of drug-likeness (QED) is 0.787. The molecule has 28 heavy (non-hydrogen) atoms. The number of halogens is 1. The minimum atomic E-state index is -0.432. The molecule has 0 aliphatic carbocycles. The fourth-order valence-electron chi connectivity index (χ4n) is 3.09. The van der Waals surface area contributed by atoms with Gasteiger partial charge in [-0.05, 0) is 37.5 Å². The second-order valence-corrected chi connectivity index (χ2v) is 7.21. The van der Waals surface area contributed by atoms with Crippen LogP contribution >= 0.6 is 11.6 Å². The highest BCUT2D eigenvalue weighted by Crippen LogP contribution is 2.29. The van der Waals surface area contributed by atoms with Crippen molar-refractivity contribution in [1.29, 1.82) is 0 Å². The largest absolute Gasteiger partial charge is 0.495 e. The van der Waals surface area contributed by atoms with E-state index in [4.69, 9.17) is 16.3 Å². The zero-order valence-corrected chi connectivity index (χ0v) is 17.1. The molecule has 8 nitrogen and oxygen atoms in total. The monoisotopic (exact) mass is 404 g/mol. The van der Waals surface area contributed by atoms with Gasteiger partial charge in [0.1, 0.15) is 11.4 Å². The number of rotatable bonds is 5. The molecule has 2 N–H and O–H groups in total. The zero-order chi connectivity index (χ0) is 20.1. The van der Waals surface area contributed by atoms with Gasteiger partial charge in [0.25, 0.3) is 0 Å². The summed E-state index contributed by atoms with van der Waals surface area (Å²) in [4.78, 5) is 25.7. The average molecular weight is 405 g/mol. The van der Waals surface area contributed by atoms with Crippen LogP contribution in [-0.4, -0.2) is 50.3 Å². The van der Waals surface area contributed by atoms with Gasteiger partial charge in [-0.1, -0.05) is 11.6 Å². The molecule has 0 saturated carbocycles. The van der Waals surface area contributed by atoms with Crippen molar-refractivity contribution in [3.63, 3.8) is 0 Å². The van der Waals surface area contributed by atoms with Crippen LogP contribution in [0.5, 0.6) is 5.75 Å². The Hall–Kier alpha value is -2.74. The van der Waals surface area contributed by atoms with Crippen molar-refractivity contribution in [2.75, 3.05) is 54.7 Å². The van der Waals surface area contributed by atoms with Crippen molar-refractivity contribution >= 4 is 40.8 Å². The highest BCUT2D eigenvalue weighted by Gasteiger charge is 2.18. The molecule has 150 valence electrons. The van der Waals surface area contributed by atoms with Crippen molar-refractivity contribution in [2.24, 2.45) is 0 Å². The Bertz CT molecular complexity index is 839. The number of piperidine rings is 1. The second-order valence-electron chi connectivity index (χ2n) is 6.77. The number of carbonyl (C=O) groups is 1. The molecular formula is C19H25ClN6O2. The third-order valence-electron chi connectivity index (χ3n) is 4.48. The minimum absolute atomic E-state index is 0.432. The first-order valence-corrected chi connectivity index (χ1v) is 9.56. The first-order valence-electron chi connectivity index (χ1n) is 9.19. The number of carbonyl (C=O) groups excluding carboxylic acids is 1. The van der Waals surface area contributed by atoms with Crippen LogP contribution in [0, 0.1) is 0 Å². The molecule has 3 rings (SSSR count). The molecular weight excluding hydrogens is 380 g/mol. The fourth-order valence-corrected chi connectivity index (χ4v) is 3.27. The SMILES string of the molecule is COc1ccc(Cl)cc1NC(=O)Nc1cnc(N2CCCCC2)nc1N(C)C. The number of benzene rings is 1. The van der Waals surface area contributed by atoms with Gasteiger partial charge in [-0.25, -0.2) is 9.78 Å². The van der Waals surface area contributed by atoms with E-state index in [0.29, 0.717) is 33.9 Å². The fraction of sp³-hybridized carbons (Fsp3) is 0.421. The molecule has 1 saturated heterocycles. The third-order valence-corrected chi connectivity index (χ3v) is 4.71. The standard InChI is InChI=1S/C19H25ClN6O2/c1-25(2)17-15(12-21-18(24-17)26-9-5-4-6-10-26)23-19(27)22-14-11-13(20)7-8-16(14)28-3/h7-8,11-12H,4-6,9-10H2,1-3H3,(H2,22,23,27). The first kappa shape index (κ1) is 20.0. The molecule has 0 bridgehead atoms. The summed E-state index contributed by atoms with van der Waals surface area (Å²) >= 11 is 6.02. The Kier molecular flexibility index (Phi) is 6.41. The number of amides is 2. The molecule has 2 aromatic rings. The number of hydrogen-bond acceptors (Lipinski definition) is 6. The number of methoxy groups -OCH3 is 1. The zero-order valence-electron chi connectivity index (χ0n) is 16.3. The lowest BCUT2D eigenvalue weighted by Crippen LogP contribution is -2.31. The Morgan fingerprint density at radius 2 is 1.89 bits per heavy atom. The summed E-state index contributed by atoms with van der Waals surface area (Å²) in [5.41, 5.74) is 0.994. The second kappa shape index (κ2) is 8.97. The topological polar surface area (TPSA) is 82.6 Å². The summed E-state index contributed by atoms with van der Waals surface area (Å²) in [6.45, 7) is 1.91. The Balaban J connectivity index is 1.77. The van der Waals surface area contributed by atoms with Gasteiger partial charge in [0.15, 0.2) is 5.82 Å². The predicted octanol–water partition coefficient (Wildman–Crippen LogP) is 3.84. The summed E-state index contributed by atoms with van der Waals surface area (Å²) in [5.74, 6) is 1.85. The van der Waals surface area contributed by atoms with Gasteiger partial charge in [0.05, 0.1) is 19.0 Å². The lowest BCUT2D eigenvalue weighted by molar-refractivity contribution is 0.262. The van der Waals surface area contributed by atoms with Crippen molar-refractivity contribution < 1.29 is 9.53 Å². The van der Waals surface area contributed by atoms with Crippen LogP contribution in [0.25, 0.3) is 0 Å². The van der Waals surface area contributed by atoms with Crippen LogP contribution in [0.2, 0.25) is 5.02 Å². The van der Waals surface area contributed by atoms with E-state index in [1.807, 2.05) is 19.0 Å². The summed E-state index contributed by atoms with van der Waals surface area (Å²) in [7, 11) is 5.29. The maximum absolute atomic E-state index is 12.5. The predicted molar refractivity (Wildman–Crippen MR) is 113 cm³/mol. The van der Waals surface area contributed by atoms with Crippen LogP contribution in [0.3, 0.4) is 0 Å². The summed E-state index contributed by atoms with van der Waals surface area (Å²) in [5, 5.41) is 6.06. The molecule has 2 amide bonds. The summed E-state index contributed by atoms with van der Waals surface area (Å²) in [6.07, 6.45) is 5.17. The highest BCUT2D eigenvalue weighted by atomic mass is 35.5. The first-order chi connectivity index (χ1) is 13.5. The van der Waals surface area contributed by atoms with E-state index in [9.17, 15) is 4.79 Å². The van der Waals surface area contributed by atoms with Gasteiger partial charge in [0, 0.05) is 32.2 Å². The van der Waals surface area contributed by atoms with Crippen molar-refractivity contribution in [1.82, 2.24) is 9.97 Å². The van der Waals surface area contributed by atoms with Gasteiger partial charge >= 0.3 is 6.03 Å². The van der Waals surface area contributed by atoms with Crippen LogP contribution in [-0.2, 0) is 0 Å². The molecule has 0 unspecified atom stereocenters. The lowest BCUT2D eigenvalue weighted by atomic mass is 10.1. The smallest absolute Gasteiger partial charge is 0.323 e. The number of urea groups is 1. The van der Waals surface area contributed by atoms with E-state index >= 15 is 0 Å². The van der Waals surface area contributed by atoms with Gasteiger partial charge in [-0.15, -0.1) is 0 Å². The van der Waals surface area contributed by atoms with Crippen LogP contribution < -0.4 is 25.2 Å². The Labute approximate surface area is 169 Å². The van der Waals surface area contributed by atoms with Crippen LogP contribution in [0.1, 0.15) is 19.3 Å². The number of nitrogens with zero attached hydrogens (tertiary/aromatic N) is 4. The van der Waals surface area contributed by atoms with E-state index in [0.717, 1.165) is 25.9 Å². The third kappa shape index (κ3) is 4.75. The van der Waals surface area contributed by atoms with Gasteiger partial charge in [-0.3, -0.25) is 0 Å². The van der Waals surface area contributed by atoms with E-state index in [1.54, 1.807) is 24.4 Å². The molecule has 0 spiro atoms. The molecule has 0 atom stereocenters. The van der Waals surface area contributed by atoms with Crippen LogP contribution in [0.15, 0.2) is 24.4 Å². The Morgan fingerprint density at radius 1 is 1.18 bits per heavy atom. The maximum atomic E-state index is 12.5. The number of aromatic nitrogens is 2. The van der Waals surface area contributed by atoms with Crippen molar-refractivity contribution in [3.05, 3.63) is 29.4 Å². The van der Waals surface area contributed by atoms with Crippen molar-refractivity contribution in [3.8, 4) is 5.75 Å². The van der Waals surface area contributed by atoms with Gasteiger partial charge in [0.2, 0.25) is 5.95 Å². The number of ether oxygens (including phenoxy) is 1. The molecule has 1 aliphatic rings. The van der Waals surface area contributed by atoms with Crippen molar-refractivity contribution in [2.45, 2.75) is 19.3 Å². The average Bonchev–Trinajstić information content (AvgIpc) is 2.69. The van der Waals surface area contributed by atoms with Gasteiger partial charge in [-0.2, -0.15) is 4.98 Å². The van der Waals surface area contributed by atoms with E-state index in [-0.39, 0.29) is 0 Å². The number of hydrogen-bond donors (Lipinski definition) is 2. The van der Waals surface area contributed by atoms with E-state index < -0.39 is 6.03 Å². The molecule has 2 heterocycles. The molecule has 0 radical (unpaired) electrons. The Morgan fingerprint density at radius 3 is 2.57 bits per heavy atom. The molecule has 1 aromatic heterocycles. The minimum Gasteiger partial charge on any atom is -0.495 e. The molecule has 1 aliphatic heterocycles. The summed E-state index contributed by atoms with van der Waals surface area (Å²) < 4.78 is 5.26. The molecule has 9 heteroatoms. The van der Waals surface area contributed by atoms with Crippen LogP contribution in [0.4, 0.5) is 27.9 Å².